The fourth-order valence-electron chi connectivity index (χ4n) is 4.65. The molecule has 0 aliphatic heterocycles. The fraction of sp³-hybridized carbons (Fsp3) is 0.333. The zero-order valence-corrected chi connectivity index (χ0v) is 22.2. The van der Waals surface area contributed by atoms with Gasteiger partial charge in [0.05, 0.1) is 5.69 Å². The number of aromatic nitrogens is 3. The Bertz CT molecular complexity index is 1430. The van der Waals surface area contributed by atoms with E-state index in [0.717, 1.165) is 35.0 Å². The molecule has 3 aromatic heterocycles. The predicted molar refractivity (Wildman–Crippen MR) is 151 cm³/mol. The van der Waals surface area contributed by atoms with Crippen molar-refractivity contribution in [3.63, 3.8) is 0 Å². The lowest BCUT2D eigenvalue weighted by Crippen LogP contribution is -2.30. The highest BCUT2D eigenvalue weighted by atomic mass is 16.2. The molecule has 192 valence electrons. The number of unbranched alkanes of at least 4 members (excludes halogenated alkanes) is 1. The van der Waals surface area contributed by atoms with Crippen LogP contribution in [0.3, 0.4) is 0 Å². The van der Waals surface area contributed by atoms with Crippen molar-refractivity contribution >= 4 is 28.4 Å². The summed E-state index contributed by atoms with van der Waals surface area (Å²) in [6.45, 7) is 11.0. The van der Waals surface area contributed by atoms with Crippen LogP contribution in [-0.4, -0.2) is 20.6 Å². The minimum atomic E-state index is -0.463. The number of aryl methyl sites for hydroxylation is 1. The van der Waals surface area contributed by atoms with Crippen LogP contribution in [0, 0.1) is 0 Å². The third kappa shape index (κ3) is 5.40. The number of pyridine rings is 3. The van der Waals surface area contributed by atoms with E-state index in [0.29, 0.717) is 23.4 Å². The number of anilines is 2. The summed E-state index contributed by atoms with van der Waals surface area (Å²) in [6.07, 6.45) is 5.11. The molecule has 2 N–H and O–H groups in total. The molecule has 0 radical (unpaired) electrons. The molecule has 7 heteroatoms. The Balaban J connectivity index is 1.87. The van der Waals surface area contributed by atoms with Gasteiger partial charge in [-0.25, -0.2) is 9.78 Å². The second-order valence-corrected chi connectivity index (χ2v) is 9.85. The van der Waals surface area contributed by atoms with E-state index < -0.39 is 6.03 Å². The van der Waals surface area contributed by atoms with E-state index in [1.807, 2.05) is 48.5 Å². The minimum absolute atomic E-state index is 0.195. The smallest absolute Gasteiger partial charge is 0.307 e. The second-order valence-electron chi connectivity index (χ2n) is 9.85. The van der Waals surface area contributed by atoms with Crippen LogP contribution in [0.15, 0.2) is 65.7 Å². The first-order valence-corrected chi connectivity index (χ1v) is 13.0. The van der Waals surface area contributed by atoms with Crippen LogP contribution >= 0.6 is 0 Å². The van der Waals surface area contributed by atoms with Crippen LogP contribution in [0.4, 0.5) is 16.2 Å². The fourth-order valence-corrected chi connectivity index (χ4v) is 4.65. The maximum Gasteiger partial charge on any atom is 0.323 e. The zero-order valence-electron chi connectivity index (χ0n) is 22.2. The molecule has 2 amide bonds. The summed E-state index contributed by atoms with van der Waals surface area (Å²) in [6, 6.07) is 14.9. The first kappa shape index (κ1) is 26.1. The highest BCUT2D eigenvalue weighted by Crippen LogP contribution is 2.34. The number of hydrogen-bond acceptors (Lipinski definition) is 4. The SMILES string of the molecule is CCCCn1c(=O)c(NC(=O)Nc2c(C(C)C)cccc2C(C)C)c(-c2ccccn2)c2cccnc21. The molecule has 0 unspecified atom stereocenters. The highest BCUT2D eigenvalue weighted by molar-refractivity contribution is 6.07. The second kappa shape index (κ2) is 11.4. The maximum absolute atomic E-state index is 13.9. The number of carbonyl (C=O) groups is 1. The van der Waals surface area contributed by atoms with Gasteiger partial charge < -0.3 is 10.6 Å². The standard InChI is InChI=1S/C30H35N5O2/c1-6-7-18-35-28-23(14-11-17-32-28)25(24-15-8-9-16-31-24)27(29(35)36)34-30(37)33-26-21(19(2)3)12-10-13-22(26)20(4)5/h8-17,19-20H,6-7,18H2,1-5H3,(H2,33,34,37). The van der Waals surface area contributed by atoms with Crippen molar-refractivity contribution in [3.8, 4) is 11.3 Å². The van der Waals surface area contributed by atoms with E-state index in [1.165, 1.54) is 0 Å². The number of carbonyl (C=O) groups excluding carboxylic acids is 1. The summed E-state index contributed by atoms with van der Waals surface area (Å²) in [5.74, 6) is 0.437. The van der Waals surface area contributed by atoms with Crippen LogP contribution in [-0.2, 0) is 6.54 Å². The van der Waals surface area contributed by atoms with Crippen molar-refractivity contribution in [2.24, 2.45) is 0 Å². The summed E-state index contributed by atoms with van der Waals surface area (Å²) in [4.78, 5) is 36.4. The number of nitrogens with zero attached hydrogens (tertiary/aromatic N) is 3. The molecule has 7 nitrogen and oxygen atoms in total. The average Bonchev–Trinajstić information content (AvgIpc) is 2.89. The van der Waals surface area contributed by atoms with Crippen molar-refractivity contribution < 1.29 is 4.79 Å². The van der Waals surface area contributed by atoms with Gasteiger partial charge in [0.1, 0.15) is 11.3 Å². The van der Waals surface area contributed by atoms with Crippen molar-refractivity contribution in [2.45, 2.75) is 65.8 Å². The van der Waals surface area contributed by atoms with Gasteiger partial charge in [-0.2, -0.15) is 0 Å². The van der Waals surface area contributed by atoms with Gasteiger partial charge in [0.2, 0.25) is 0 Å². The summed E-state index contributed by atoms with van der Waals surface area (Å²) >= 11 is 0. The Labute approximate surface area is 218 Å². The van der Waals surface area contributed by atoms with Crippen LogP contribution in [0.5, 0.6) is 0 Å². The van der Waals surface area contributed by atoms with Gasteiger partial charge in [-0.1, -0.05) is 65.3 Å². The minimum Gasteiger partial charge on any atom is -0.307 e. The van der Waals surface area contributed by atoms with E-state index >= 15 is 0 Å². The molecule has 4 rings (SSSR count). The summed E-state index contributed by atoms with van der Waals surface area (Å²) in [5, 5.41) is 6.75. The molecule has 4 aromatic rings. The summed E-state index contributed by atoms with van der Waals surface area (Å²) < 4.78 is 1.66. The topological polar surface area (TPSA) is 88.9 Å². The lowest BCUT2D eigenvalue weighted by molar-refractivity contribution is 0.262. The van der Waals surface area contributed by atoms with Gasteiger partial charge in [-0.3, -0.25) is 14.3 Å². The number of benzene rings is 1. The summed E-state index contributed by atoms with van der Waals surface area (Å²) in [7, 11) is 0. The molecular formula is C30H35N5O2. The van der Waals surface area contributed by atoms with Gasteiger partial charge in [0, 0.05) is 35.6 Å². The molecule has 3 heterocycles. The number of hydrogen-bond donors (Lipinski definition) is 2. The van der Waals surface area contributed by atoms with Crippen LogP contribution in [0.25, 0.3) is 22.3 Å². The quantitative estimate of drug-likeness (QED) is 0.270. The van der Waals surface area contributed by atoms with Crippen molar-refractivity contribution in [2.75, 3.05) is 10.6 Å². The molecule has 0 atom stereocenters. The number of urea groups is 1. The number of para-hydroxylation sites is 1. The lowest BCUT2D eigenvalue weighted by Gasteiger charge is -2.21. The van der Waals surface area contributed by atoms with Gasteiger partial charge in [-0.15, -0.1) is 0 Å². The van der Waals surface area contributed by atoms with Gasteiger partial charge in [-0.05, 0) is 53.6 Å². The monoisotopic (exact) mass is 497 g/mol. The van der Waals surface area contributed by atoms with Crippen molar-refractivity contribution in [1.29, 1.82) is 0 Å². The molecular weight excluding hydrogens is 462 g/mol. The molecule has 1 aromatic carbocycles. The van der Waals surface area contributed by atoms with Crippen LogP contribution in [0.2, 0.25) is 0 Å². The van der Waals surface area contributed by atoms with E-state index in [9.17, 15) is 9.59 Å². The van der Waals surface area contributed by atoms with E-state index in [1.54, 1.807) is 17.0 Å². The molecule has 0 spiro atoms. The number of amides is 2. The third-order valence-corrected chi connectivity index (χ3v) is 6.53. The highest BCUT2D eigenvalue weighted by Gasteiger charge is 2.22. The Hall–Kier alpha value is -4.00. The van der Waals surface area contributed by atoms with E-state index in [2.05, 4.69) is 55.2 Å². The molecule has 0 aliphatic carbocycles. The Morgan fingerprint density at radius 2 is 1.54 bits per heavy atom. The van der Waals surface area contributed by atoms with E-state index in [-0.39, 0.29) is 23.1 Å². The summed E-state index contributed by atoms with van der Waals surface area (Å²) in [5.41, 5.74) is 4.54. The molecule has 0 aliphatic rings. The largest absolute Gasteiger partial charge is 0.323 e. The maximum atomic E-state index is 13.9. The third-order valence-electron chi connectivity index (χ3n) is 6.53. The Kier molecular flexibility index (Phi) is 8.01. The Morgan fingerprint density at radius 3 is 2.16 bits per heavy atom. The number of nitrogens with one attached hydrogen (secondary N) is 2. The number of rotatable bonds is 8. The van der Waals surface area contributed by atoms with Gasteiger partial charge in [0.25, 0.3) is 5.56 Å². The molecule has 0 bridgehead atoms. The zero-order chi connectivity index (χ0) is 26.5. The average molecular weight is 498 g/mol. The van der Waals surface area contributed by atoms with Crippen molar-refractivity contribution in [3.05, 3.63) is 82.4 Å². The van der Waals surface area contributed by atoms with Gasteiger partial charge in [0.15, 0.2) is 0 Å². The van der Waals surface area contributed by atoms with Crippen LogP contribution < -0.4 is 16.2 Å². The number of fused-ring (bicyclic) bond motifs is 1. The molecule has 0 saturated heterocycles. The molecule has 0 fully saturated rings. The van der Waals surface area contributed by atoms with E-state index in [4.69, 9.17) is 0 Å². The predicted octanol–water partition coefficient (Wildman–Crippen LogP) is 7.15. The lowest BCUT2D eigenvalue weighted by atomic mass is 9.93. The Morgan fingerprint density at radius 1 is 0.865 bits per heavy atom. The molecule has 37 heavy (non-hydrogen) atoms. The normalized spacial score (nSPS) is 11.3. The first-order chi connectivity index (χ1) is 17.8. The van der Waals surface area contributed by atoms with Gasteiger partial charge >= 0.3 is 6.03 Å². The van der Waals surface area contributed by atoms with Crippen LogP contribution in [0.1, 0.15) is 70.4 Å². The molecule has 0 saturated carbocycles. The first-order valence-electron chi connectivity index (χ1n) is 13.0. The van der Waals surface area contributed by atoms with Crippen molar-refractivity contribution in [1.82, 2.24) is 14.5 Å².